The van der Waals surface area contributed by atoms with Crippen LogP contribution in [0.4, 0.5) is 0 Å². The van der Waals surface area contributed by atoms with Crippen molar-refractivity contribution in [1.29, 1.82) is 0 Å². The number of hydrogen-bond donors (Lipinski definition) is 1. The van der Waals surface area contributed by atoms with Gasteiger partial charge in [-0.15, -0.1) is 0 Å². The Kier molecular flexibility index (Phi) is 4.14. The third-order valence-electron chi connectivity index (χ3n) is 4.00. The van der Waals surface area contributed by atoms with Gasteiger partial charge in [0.25, 0.3) is 0 Å². The molecule has 0 amide bonds. The molecule has 1 aliphatic heterocycles. The van der Waals surface area contributed by atoms with Crippen LogP contribution in [0.3, 0.4) is 0 Å². The quantitative estimate of drug-likeness (QED) is 0.929. The van der Waals surface area contributed by atoms with Gasteiger partial charge in [0.05, 0.1) is 6.20 Å². The zero-order valence-electron chi connectivity index (χ0n) is 11.9. The zero-order valence-corrected chi connectivity index (χ0v) is 11.9. The number of ether oxygens (including phenoxy) is 1. The van der Waals surface area contributed by atoms with Crippen molar-refractivity contribution < 1.29 is 4.74 Å². The van der Waals surface area contributed by atoms with E-state index in [0.717, 1.165) is 38.2 Å². The minimum atomic E-state index is 0.640. The molecule has 1 fully saturated rings. The van der Waals surface area contributed by atoms with Crippen molar-refractivity contribution >= 4 is 0 Å². The van der Waals surface area contributed by atoms with E-state index >= 15 is 0 Å². The second-order valence-electron chi connectivity index (χ2n) is 5.45. The lowest BCUT2D eigenvalue weighted by Gasteiger charge is -2.31. The van der Waals surface area contributed by atoms with Crippen molar-refractivity contribution in [2.75, 3.05) is 20.3 Å². The van der Waals surface area contributed by atoms with Crippen LogP contribution < -0.4 is 0 Å². The van der Waals surface area contributed by atoms with Crippen LogP contribution in [-0.2, 0) is 11.3 Å². The van der Waals surface area contributed by atoms with Crippen molar-refractivity contribution in [1.82, 2.24) is 15.1 Å². The third-order valence-corrected chi connectivity index (χ3v) is 4.00. The summed E-state index contributed by atoms with van der Waals surface area (Å²) in [5.41, 5.74) is 3.70. The van der Waals surface area contributed by atoms with E-state index in [2.05, 4.69) is 46.4 Å². The first-order valence-corrected chi connectivity index (χ1v) is 7.19. The van der Waals surface area contributed by atoms with Crippen LogP contribution >= 0.6 is 0 Å². The van der Waals surface area contributed by atoms with Crippen LogP contribution in [0.15, 0.2) is 36.7 Å². The number of nitrogens with one attached hydrogen (secondary N) is 1. The van der Waals surface area contributed by atoms with E-state index in [-0.39, 0.29) is 0 Å². The maximum atomic E-state index is 5.43. The Morgan fingerprint density at radius 1 is 1.30 bits per heavy atom. The lowest BCUT2D eigenvalue weighted by Crippen LogP contribution is -2.36. The summed E-state index contributed by atoms with van der Waals surface area (Å²) in [6.07, 6.45) is 6.07. The summed E-state index contributed by atoms with van der Waals surface area (Å²) in [6, 6.07) is 9.33. The standard InChI is InChI=1S/C16H21N3O/c1-19(16-5-7-20-8-6-16)12-13-3-2-4-14(9-13)15-10-17-18-11-15/h2-4,9-11,16H,5-8,12H2,1H3,(H,17,18). The predicted molar refractivity (Wildman–Crippen MR) is 79.3 cm³/mol. The first-order valence-electron chi connectivity index (χ1n) is 7.19. The highest BCUT2D eigenvalue weighted by Crippen LogP contribution is 2.21. The Balaban J connectivity index is 1.69. The molecule has 2 heterocycles. The smallest absolute Gasteiger partial charge is 0.0565 e. The summed E-state index contributed by atoms with van der Waals surface area (Å²) < 4.78 is 5.43. The second-order valence-corrected chi connectivity index (χ2v) is 5.45. The van der Waals surface area contributed by atoms with E-state index in [9.17, 15) is 0 Å². The summed E-state index contributed by atoms with van der Waals surface area (Å²) in [6.45, 7) is 2.77. The van der Waals surface area contributed by atoms with Gasteiger partial charge in [-0.05, 0) is 37.1 Å². The summed E-state index contributed by atoms with van der Waals surface area (Å²) >= 11 is 0. The zero-order chi connectivity index (χ0) is 13.8. The fourth-order valence-electron chi connectivity index (χ4n) is 2.80. The fraction of sp³-hybridized carbons (Fsp3) is 0.438. The number of hydrogen-bond acceptors (Lipinski definition) is 3. The molecule has 4 nitrogen and oxygen atoms in total. The summed E-state index contributed by atoms with van der Waals surface area (Å²) in [7, 11) is 2.21. The lowest BCUT2D eigenvalue weighted by molar-refractivity contribution is 0.0407. The van der Waals surface area contributed by atoms with E-state index in [1.807, 2.05) is 12.4 Å². The fourth-order valence-corrected chi connectivity index (χ4v) is 2.80. The van der Waals surface area contributed by atoms with Crippen molar-refractivity contribution in [3.63, 3.8) is 0 Å². The highest BCUT2D eigenvalue weighted by Gasteiger charge is 2.18. The number of nitrogens with zero attached hydrogens (tertiary/aromatic N) is 2. The molecule has 1 aliphatic rings. The molecular weight excluding hydrogens is 250 g/mol. The highest BCUT2D eigenvalue weighted by molar-refractivity contribution is 5.62. The average Bonchev–Trinajstić information content (AvgIpc) is 3.03. The maximum Gasteiger partial charge on any atom is 0.0565 e. The van der Waals surface area contributed by atoms with Gasteiger partial charge in [0.15, 0.2) is 0 Å². The monoisotopic (exact) mass is 271 g/mol. The Morgan fingerprint density at radius 3 is 2.90 bits per heavy atom. The van der Waals surface area contributed by atoms with Crippen LogP contribution in [0, 0.1) is 0 Å². The molecule has 0 saturated carbocycles. The van der Waals surface area contributed by atoms with E-state index in [4.69, 9.17) is 4.74 Å². The van der Waals surface area contributed by atoms with E-state index in [1.165, 1.54) is 11.1 Å². The molecule has 4 heteroatoms. The van der Waals surface area contributed by atoms with Crippen molar-refractivity contribution in [3.05, 3.63) is 42.2 Å². The summed E-state index contributed by atoms with van der Waals surface area (Å²) in [5, 5.41) is 6.88. The van der Waals surface area contributed by atoms with Crippen LogP contribution in [0.25, 0.3) is 11.1 Å². The molecule has 0 radical (unpaired) electrons. The molecular formula is C16H21N3O. The molecule has 106 valence electrons. The molecule has 0 spiro atoms. The van der Waals surface area contributed by atoms with Crippen LogP contribution in [0.2, 0.25) is 0 Å². The van der Waals surface area contributed by atoms with Crippen LogP contribution in [0.5, 0.6) is 0 Å². The molecule has 0 aliphatic carbocycles. The van der Waals surface area contributed by atoms with Gasteiger partial charge in [-0.2, -0.15) is 5.10 Å². The van der Waals surface area contributed by atoms with Crippen molar-refractivity contribution in [2.24, 2.45) is 0 Å². The van der Waals surface area contributed by atoms with Gasteiger partial charge in [0, 0.05) is 37.6 Å². The number of rotatable bonds is 4. The first kappa shape index (κ1) is 13.3. The van der Waals surface area contributed by atoms with Gasteiger partial charge in [-0.25, -0.2) is 0 Å². The SMILES string of the molecule is CN(Cc1cccc(-c2cn[nH]c2)c1)C1CCOCC1. The van der Waals surface area contributed by atoms with Crippen molar-refractivity contribution in [2.45, 2.75) is 25.4 Å². The molecule has 0 atom stereocenters. The predicted octanol–water partition coefficient (Wildman–Crippen LogP) is 2.69. The van der Waals surface area contributed by atoms with Gasteiger partial charge in [-0.3, -0.25) is 10.00 Å². The lowest BCUT2D eigenvalue weighted by atomic mass is 10.0. The Bertz CT molecular complexity index is 532. The molecule has 2 aromatic rings. The highest BCUT2D eigenvalue weighted by atomic mass is 16.5. The summed E-state index contributed by atoms with van der Waals surface area (Å²) in [4.78, 5) is 2.44. The molecule has 1 N–H and O–H groups in total. The number of aromatic amines is 1. The van der Waals surface area contributed by atoms with Gasteiger partial charge >= 0.3 is 0 Å². The molecule has 1 saturated heterocycles. The second kappa shape index (κ2) is 6.20. The van der Waals surface area contributed by atoms with E-state index in [1.54, 1.807) is 0 Å². The topological polar surface area (TPSA) is 41.2 Å². The number of aromatic nitrogens is 2. The average molecular weight is 271 g/mol. The van der Waals surface area contributed by atoms with Crippen LogP contribution in [-0.4, -0.2) is 41.4 Å². The van der Waals surface area contributed by atoms with Crippen molar-refractivity contribution in [3.8, 4) is 11.1 Å². The molecule has 1 aromatic heterocycles. The molecule has 3 rings (SSSR count). The van der Waals surface area contributed by atoms with E-state index < -0.39 is 0 Å². The van der Waals surface area contributed by atoms with Gasteiger partial charge in [0.2, 0.25) is 0 Å². The third kappa shape index (κ3) is 3.08. The minimum absolute atomic E-state index is 0.640. The normalized spacial score (nSPS) is 16.7. The van der Waals surface area contributed by atoms with E-state index in [0.29, 0.717) is 6.04 Å². The maximum absolute atomic E-state index is 5.43. The largest absolute Gasteiger partial charge is 0.381 e. The molecule has 0 bridgehead atoms. The Labute approximate surface area is 119 Å². The van der Waals surface area contributed by atoms with Gasteiger partial charge in [-0.1, -0.05) is 18.2 Å². The van der Waals surface area contributed by atoms with Gasteiger partial charge in [0.1, 0.15) is 0 Å². The van der Waals surface area contributed by atoms with Gasteiger partial charge < -0.3 is 4.74 Å². The Morgan fingerprint density at radius 2 is 2.15 bits per heavy atom. The Hall–Kier alpha value is -1.65. The summed E-state index contributed by atoms with van der Waals surface area (Å²) in [5.74, 6) is 0. The molecule has 0 unspecified atom stereocenters. The van der Waals surface area contributed by atoms with Crippen LogP contribution in [0.1, 0.15) is 18.4 Å². The molecule has 1 aromatic carbocycles. The first-order chi connectivity index (χ1) is 9.83. The molecule has 20 heavy (non-hydrogen) atoms. The number of benzene rings is 1. The minimum Gasteiger partial charge on any atom is -0.381 e. The number of H-pyrrole nitrogens is 1.